The number of esters is 1. The minimum absolute atomic E-state index is 0.323. The van der Waals surface area contributed by atoms with Gasteiger partial charge in [0.25, 0.3) is 0 Å². The monoisotopic (exact) mass is 266 g/mol. The molecule has 0 unspecified atom stereocenters. The fraction of sp³-hybridized carbons (Fsp3) is 0.118. The molecule has 0 radical (unpaired) electrons. The molecule has 2 aromatic carbocycles. The summed E-state index contributed by atoms with van der Waals surface area (Å²) < 4.78 is 11.2. The van der Waals surface area contributed by atoms with Crippen molar-refractivity contribution in [2.75, 3.05) is 0 Å². The van der Waals surface area contributed by atoms with Crippen molar-refractivity contribution in [2.45, 2.75) is 12.4 Å². The summed E-state index contributed by atoms with van der Waals surface area (Å²) in [7, 11) is 0. The predicted octanol–water partition coefficient (Wildman–Crippen LogP) is 3.56. The van der Waals surface area contributed by atoms with Gasteiger partial charge in [0, 0.05) is 5.56 Å². The van der Waals surface area contributed by atoms with Crippen molar-refractivity contribution in [3.63, 3.8) is 0 Å². The van der Waals surface area contributed by atoms with Gasteiger partial charge in [-0.2, -0.15) is 0 Å². The van der Waals surface area contributed by atoms with Gasteiger partial charge in [-0.15, -0.1) is 0 Å². The quantitative estimate of drug-likeness (QED) is 0.616. The molecular formula is C17H14O3. The van der Waals surface area contributed by atoms with E-state index in [-0.39, 0.29) is 0 Å². The smallest absolute Gasteiger partial charge is 0.338 e. The predicted molar refractivity (Wildman–Crippen MR) is 74.7 cm³/mol. The van der Waals surface area contributed by atoms with Crippen LogP contribution in [0.2, 0.25) is 0 Å². The largest absolute Gasteiger partial charge is 0.428 e. The highest BCUT2D eigenvalue weighted by atomic mass is 16.7. The van der Waals surface area contributed by atoms with E-state index in [1.165, 1.54) is 0 Å². The van der Waals surface area contributed by atoms with Crippen LogP contribution in [0.1, 0.15) is 23.5 Å². The molecule has 0 saturated carbocycles. The minimum Gasteiger partial charge on any atom is -0.428 e. The molecule has 0 spiro atoms. The molecule has 3 heteroatoms. The molecule has 20 heavy (non-hydrogen) atoms. The number of hydrogen-bond acceptors (Lipinski definition) is 3. The highest BCUT2D eigenvalue weighted by molar-refractivity contribution is 5.89. The lowest BCUT2D eigenvalue weighted by atomic mass is 10.0. The Hall–Kier alpha value is -2.39. The fourth-order valence-electron chi connectivity index (χ4n) is 2.18. The van der Waals surface area contributed by atoms with E-state index in [1.54, 1.807) is 0 Å². The number of hydrogen-bond donors (Lipinski definition) is 0. The summed E-state index contributed by atoms with van der Waals surface area (Å²) in [6.45, 7) is 3.78. The van der Waals surface area contributed by atoms with Gasteiger partial charge < -0.3 is 9.47 Å². The molecule has 2 aromatic rings. The Bertz CT molecular complexity index is 619. The maximum Gasteiger partial charge on any atom is 0.338 e. The van der Waals surface area contributed by atoms with Gasteiger partial charge in [0.2, 0.25) is 6.29 Å². The summed E-state index contributed by atoms with van der Waals surface area (Å²) >= 11 is 0. The SMILES string of the molecule is C=C1C(=O)O[C@H](c2ccccc2)O[C@@H]1c1ccccc1. The van der Waals surface area contributed by atoms with Gasteiger partial charge in [0.15, 0.2) is 0 Å². The van der Waals surface area contributed by atoms with Crippen molar-refractivity contribution in [3.05, 3.63) is 83.9 Å². The van der Waals surface area contributed by atoms with Crippen LogP contribution in [0.25, 0.3) is 0 Å². The molecule has 0 N–H and O–H groups in total. The first-order valence-electron chi connectivity index (χ1n) is 6.41. The van der Waals surface area contributed by atoms with E-state index >= 15 is 0 Å². The second kappa shape index (κ2) is 5.31. The lowest BCUT2D eigenvalue weighted by molar-refractivity contribution is -0.204. The van der Waals surface area contributed by atoms with Crippen molar-refractivity contribution in [3.8, 4) is 0 Å². The Morgan fingerprint density at radius 3 is 2.00 bits per heavy atom. The van der Waals surface area contributed by atoms with E-state index in [4.69, 9.17) is 9.47 Å². The Labute approximate surface area is 117 Å². The van der Waals surface area contributed by atoms with Gasteiger partial charge >= 0.3 is 5.97 Å². The maximum atomic E-state index is 12.0. The Morgan fingerprint density at radius 2 is 1.40 bits per heavy atom. The van der Waals surface area contributed by atoms with Gasteiger partial charge in [0.05, 0.1) is 5.57 Å². The second-order valence-corrected chi connectivity index (χ2v) is 4.60. The molecule has 0 aliphatic carbocycles. The zero-order valence-corrected chi connectivity index (χ0v) is 10.9. The molecular weight excluding hydrogens is 252 g/mol. The van der Waals surface area contributed by atoms with Crippen LogP contribution in [0.4, 0.5) is 0 Å². The number of benzene rings is 2. The third kappa shape index (κ3) is 2.36. The zero-order valence-electron chi connectivity index (χ0n) is 10.9. The molecule has 1 saturated heterocycles. The Balaban J connectivity index is 1.91. The normalized spacial score (nSPS) is 22.4. The van der Waals surface area contributed by atoms with Crippen LogP contribution in [0.15, 0.2) is 72.8 Å². The first-order chi connectivity index (χ1) is 9.75. The van der Waals surface area contributed by atoms with Crippen LogP contribution in [0.3, 0.4) is 0 Å². The topological polar surface area (TPSA) is 35.5 Å². The van der Waals surface area contributed by atoms with Crippen molar-refractivity contribution < 1.29 is 14.3 Å². The fourth-order valence-corrected chi connectivity index (χ4v) is 2.18. The van der Waals surface area contributed by atoms with Crippen LogP contribution >= 0.6 is 0 Å². The molecule has 0 bridgehead atoms. The van der Waals surface area contributed by atoms with Gasteiger partial charge in [-0.3, -0.25) is 0 Å². The average molecular weight is 266 g/mol. The molecule has 0 aromatic heterocycles. The van der Waals surface area contributed by atoms with Crippen LogP contribution in [0.5, 0.6) is 0 Å². The first kappa shape index (κ1) is 12.6. The zero-order chi connectivity index (χ0) is 13.9. The Morgan fingerprint density at radius 1 is 0.850 bits per heavy atom. The third-order valence-electron chi connectivity index (χ3n) is 3.23. The summed E-state index contributed by atoms with van der Waals surface area (Å²) in [6.07, 6.45) is -1.16. The van der Waals surface area contributed by atoms with Gasteiger partial charge in [-0.05, 0) is 5.56 Å². The standard InChI is InChI=1S/C17H14O3/c1-12-15(13-8-4-2-5-9-13)19-17(20-16(12)18)14-10-6-3-7-11-14/h2-11,15,17H,1H2/t15-,17+/m0/s1. The summed E-state index contributed by atoms with van der Waals surface area (Å²) in [6, 6.07) is 19.0. The third-order valence-corrected chi connectivity index (χ3v) is 3.23. The molecule has 1 aliphatic rings. The highest BCUT2D eigenvalue weighted by Crippen LogP contribution is 2.37. The van der Waals surface area contributed by atoms with E-state index in [0.717, 1.165) is 11.1 Å². The highest BCUT2D eigenvalue weighted by Gasteiger charge is 2.34. The molecule has 2 atom stereocenters. The molecule has 1 heterocycles. The van der Waals surface area contributed by atoms with Crippen molar-refractivity contribution in [1.29, 1.82) is 0 Å². The molecule has 3 nitrogen and oxygen atoms in total. The van der Waals surface area contributed by atoms with Crippen molar-refractivity contribution >= 4 is 5.97 Å². The van der Waals surface area contributed by atoms with E-state index in [0.29, 0.717) is 5.57 Å². The van der Waals surface area contributed by atoms with Crippen LogP contribution in [0, 0.1) is 0 Å². The average Bonchev–Trinajstić information content (AvgIpc) is 2.51. The number of carbonyl (C=O) groups excluding carboxylic acids is 1. The van der Waals surface area contributed by atoms with Gasteiger partial charge in [-0.25, -0.2) is 4.79 Å². The Kier molecular flexibility index (Phi) is 3.35. The number of carbonyl (C=O) groups is 1. The molecule has 0 amide bonds. The lowest BCUT2D eigenvalue weighted by Gasteiger charge is -2.31. The summed E-state index contributed by atoms with van der Waals surface area (Å²) in [5.74, 6) is -0.418. The molecule has 1 fully saturated rings. The second-order valence-electron chi connectivity index (χ2n) is 4.60. The molecule has 1 aliphatic heterocycles. The van der Waals surface area contributed by atoms with Crippen molar-refractivity contribution in [1.82, 2.24) is 0 Å². The number of ether oxygens (including phenoxy) is 2. The number of cyclic esters (lactones) is 1. The summed E-state index contributed by atoms with van der Waals surface area (Å²) in [5.41, 5.74) is 2.03. The van der Waals surface area contributed by atoms with E-state index < -0.39 is 18.4 Å². The molecule has 100 valence electrons. The van der Waals surface area contributed by atoms with E-state index in [1.807, 2.05) is 60.7 Å². The van der Waals surface area contributed by atoms with Crippen LogP contribution in [-0.2, 0) is 14.3 Å². The lowest BCUT2D eigenvalue weighted by Crippen LogP contribution is -2.27. The van der Waals surface area contributed by atoms with Gasteiger partial charge in [0.1, 0.15) is 6.10 Å². The van der Waals surface area contributed by atoms with E-state index in [9.17, 15) is 4.79 Å². The minimum atomic E-state index is -0.695. The van der Waals surface area contributed by atoms with Crippen LogP contribution < -0.4 is 0 Å². The maximum absolute atomic E-state index is 12.0. The van der Waals surface area contributed by atoms with Crippen molar-refractivity contribution in [2.24, 2.45) is 0 Å². The van der Waals surface area contributed by atoms with Gasteiger partial charge in [-0.1, -0.05) is 67.2 Å². The summed E-state index contributed by atoms with van der Waals surface area (Å²) in [5, 5.41) is 0. The first-order valence-corrected chi connectivity index (χ1v) is 6.41. The van der Waals surface area contributed by atoms with Crippen LogP contribution in [-0.4, -0.2) is 5.97 Å². The molecule has 3 rings (SSSR count). The van der Waals surface area contributed by atoms with E-state index in [2.05, 4.69) is 6.58 Å². The summed E-state index contributed by atoms with van der Waals surface area (Å²) in [4.78, 5) is 12.0. The number of rotatable bonds is 2.